The first-order valence-electron chi connectivity index (χ1n) is 6.57. The van der Waals surface area contributed by atoms with E-state index in [2.05, 4.69) is 14.9 Å². The van der Waals surface area contributed by atoms with Crippen LogP contribution in [0.4, 0.5) is 5.82 Å². The summed E-state index contributed by atoms with van der Waals surface area (Å²) in [4.78, 5) is 10.8. The fourth-order valence-electron chi connectivity index (χ4n) is 2.62. The molecule has 2 N–H and O–H groups in total. The molecule has 0 radical (unpaired) electrons. The fourth-order valence-corrected chi connectivity index (χ4v) is 2.62. The van der Waals surface area contributed by atoms with E-state index in [1.807, 2.05) is 6.92 Å². The number of hydrogen-bond donors (Lipinski definition) is 1. The highest BCUT2D eigenvalue weighted by Gasteiger charge is 2.21. The van der Waals surface area contributed by atoms with E-state index in [1.54, 1.807) is 13.4 Å². The van der Waals surface area contributed by atoms with Crippen LogP contribution in [0, 0.1) is 12.8 Å². The molecule has 2 rings (SSSR count). The predicted octanol–water partition coefficient (Wildman–Crippen LogP) is 1.36. The Morgan fingerprint density at radius 1 is 1.39 bits per heavy atom. The van der Waals surface area contributed by atoms with E-state index in [9.17, 15) is 0 Å². The third kappa shape index (κ3) is 2.72. The summed E-state index contributed by atoms with van der Waals surface area (Å²) in [6, 6.07) is 0. The lowest BCUT2D eigenvalue weighted by molar-refractivity contribution is 0.380. The average molecular weight is 250 g/mol. The molecule has 2 heterocycles. The van der Waals surface area contributed by atoms with Gasteiger partial charge in [0.25, 0.3) is 0 Å². The van der Waals surface area contributed by atoms with Crippen LogP contribution in [0.3, 0.4) is 0 Å². The van der Waals surface area contributed by atoms with Crippen molar-refractivity contribution < 1.29 is 4.74 Å². The van der Waals surface area contributed by atoms with Crippen LogP contribution in [-0.4, -0.2) is 36.7 Å². The molecule has 1 aromatic heterocycles. The van der Waals surface area contributed by atoms with Crippen LogP contribution in [0.15, 0.2) is 6.33 Å². The van der Waals surface area contributed by atoms with Crippen molar-refractivity contribution >= 4 is 5.82 Å². The highest BCUT2D eigenvalue weighted by atomic mass is 16.5. The third-order valence-corrected chi connectivity index (χ3v) is 3.69. The maximum absolute atomic E-state index is 5.62. The zero-order chi connectivity index (χ0) is 13.0. The van der Waals surface area contributed by atoms with Gasteiger partial charge in [0, 0.05) is 13.1 Å². The molecule has 1 fully saturated rings. The number of rotatable bonds is 4. The smallest absolute Gasteiger partial charge is 0.221 e. The molecule has 100 valence electrons. The quantitative estimate of drug-likeness (QED) is 0.874. The lowest BCUT2D eigenvalue weighted by Gasteiger charge is -2.33. The van der Waals surface area contributed by atoms with Crippen LogP contribution < -0.4 is 15.4 Å². The van der Waals surface area contributed by atoms with E-state index in [1.165, 1.54) is 12.8 Å². The second-order valence-electron chi connectivity index (χ2n) is 4.84. The monoisotopic (exact) mass is 250 g/mol. The van der Waals surface area contributed by atoms with Gasteiger partial charge in [-0.05, 0) is 38.6 Å². The molecule has 1 aromatic rings. The molecular formula is C13H22N4O. The van der Waals surface area contributed by atoms with Crippen molar-refractivity contribution in [3.05, 3.63) is 11.9 Å². The molecule has 18 heavy (non-hydrogen) atoms. The number of hydrogen-bond acceptors (Lipinski definition) is 5. The Bertz CT molecular complexity index is 389. The molecule has 1 saturated heterocycles. The molecular weight excluding hydrogens is 228 g/mol. The Morgan fingerprint density at radius 2 is 2.11 bits per heavy atom. The normalized spacial score (nSPS) is 16.9. The Hall–Kier alpha value is -1.36. The summed E-state index contributed by atoms with van der Waals surface area (Å²) in [5, 5.41) is 0. The molecule has 0 saturated carbocycles. The Balaban J connectivity index is 2.05. The molecule has 0 amide bonds. The van der Waals surface area contributed by atoms with Gasteiger partial charge in [0.15, 0.2) is 0 Å². The van der Waals surface area contributed by atoms with E-state index >= 15 is 0 Å². The number of anilines is 1. The van der Waals surface area contributed by atoms with Crippen molar-refractivity contribution in [2.75, 3.05) is 31.6 Å². The van der Waals surface area contributed by atoms with Crippen LogP contribution in [0.2, 0.25) is 0 Å². The van der Waals surface area contributed by atoms with E-state index in [0.717, 1.165) is 43.4 Å². The van der Waals surface area contributed by atoms with Gasteiger partial charge in [0.1, 0.15) is 12.1 Å². The minimum absolute atomic E-state index is 0.670. The maximum atomic E-state index is 5.62. The minimum Gasteiger partial charge on any atom is -0.481 e. The standard InChI is InChI=1S/C13H22N4O/c1-10-12(15-9-16-13(10)18-2)17-7-4-11(3-6-14)5-8-17/h9,11H,3-8,14H2,1-2H3. The highest BCUT2D eigenvalue weighted by Crippen LogP contribution is 2.28. The summed E-state index contributed by atoms with van der Waals surface area (Å²) in [7, 11) is 1.65. The number of nitrogens with zero attached hydrogens (tertiary/aromatic N) is 3. The topological polar surface area (TPSA) is 64.3 Å². The van der Waals surface area contributed by atoms with Gasteiger partial charge in [0.2, 0.25) is 5.88 Å². The van der Waals surface area contributed by atoms with Crippen LogP contribution in [-0.2, 0) is 0 Å². The summed E-state index contributed by atoms with van der Waals surface area (Å²) in [6.07, 6.45) is 5.11. The largest absolute Gasteiger partial charge is 0.481 e. The Labute approximate surface area is 108 Å². The minimum atomic E-state index is 0.670. The van der Waals surface area contributed by atoms with E-state index < -0.39 is 0 Å². The molecule has 0 aliphatic carbocycles. The first-order valence-corrected chi connectivity index (χ1v) is 6.57. The summed E-state index contributed by atoms with van der Waals surface area (Å²) in [6.45, 7) is 4.91. The van der Waals surface area contributed by atoms with Gasteiger partial charge in [0.05, 0.1) is 12.7 Å². The first kappa shape index (κ1) is 13.1. The van der Waals surface area contributed by atoms with Crippen LogP contribution in [0.25, 0.3) is 0 Å². The number of nitrogens with two attached hydrogens (primary N) is 1. The number of aromatic nitrogens is 2. The summed E-state index contributed by atoms with van der Waals surface area (Å²) < 4.78 is 5.24. The molecule has 0 unspecified atom stereocenters. The Kier molecular flexibility index (Phi) is 4.36. The van der Waals surface area contributed by atoms with Gasteiger partial charge in [-0.1, -0.05) is 0 Å². The second kappa shape index (κ2) is 6.00. The Morgan fingerprint density at radius 3 is 2.72 bits per heavy atom. The van der Waals surface area contributed by atoms with Gasteiger partial charge in [-0.25, -0.2) is 9.97 Å². The molecule has 5 heteroatoms. The van der Waals surface area contributed by atoms with Crippen molar-refractivity contribution in [1.82, 2.24) is 9.97 Å². The van der Waals surface area contributed by atoms with E-state index in [4.69, 9.17) is 10.5 Å². The van der Waals surface area contributed by atoms with Gasteiger partial charge in [-0.15, -0.1) is 0 Å². The summed E-state index contributed by atoms with van der Waals surface area (Å²) in [5.74, 6) is 2.45. The van der Waals surface area contributed by atoms with Crippen LogP contribution in [0.5, 0.6) is 5.88 Å². The molecule has 1 aliphatic rings. The molecule has 0 spiro atoms. The number of piperidine rings is 1. The van der Waals surface area contributed by atoms with Gasteiger partial charge < -0.3 is 15.4 Å². The molecule has 0 atom stereocenters. The van der Waals surface area contributed by atoms with Gasteiger partial charge in [-0.2, -0.15) is 0 Å². The van der Waals surface area contributed by atoms with Crippen molar-refractivity contribution in [3.8, 4) is 5.88 Å². The fraction of sp³-hybridized carbons (Fsp3) is 0.692. The van der Waals surface area contributed by atoms with Crippen LogP contribution >= 0.6 is 0 Å². The zero-order valence-corrected chi connectivity index (χ0v) is 11.2. The number of ether oxygens (including phenoxy) is 1. The molecule has 0 aromatic carbocycles. The summed E-state index contributed by atoms with van der Waals surface area (Å²) in [5.41, 5.74) is 6.64. The third-order valence-electron chi connectivity index (χ3n) is 3.69. The second-order valence-corrected chi connectivity index (χ2v) is 4.84. The van der Waals surface area contributed by atoms with Crippen molar-refractivity contribution in [2.45, 2.75) is 26.2 Å². The van der Waals surface area contributed by atoms with Crippen molar-refractivity contribution in [3.63, 3.8) is 0 Å². The van der Waals surface area contributed by atoms with Crippen LogP contribution in [0.1, 0.15) is 24.8 Å². The predicted molar refractivity (Wildman–Crippen MR) is 71.9 cm³/mol. The number of methoxy groups -OCH3 is 1. The van der Waals surface area contributed by atoms with Crippen molar-refractivity contribution in [2.24, 2.45) is 11.7 Å². The maximum Gasteiger partial charge on any atom is 0.221 e. The molecule has 1 aliphatic heterocycles. The lowest BCUT2D eigenvalue weighted by atomic mass is 9.93. The van der Waals surface area contributed by atoms with Gasteiger partial charge in [-0.3, -0.25) is 0 Å². The molecule has 5 nitrogen and oxygen atoms in total. The van der Waals surface area contributed by atoms with E-state index in [-0.39, 0.29) is 0 Å². The summed E-state index contributed by atoms with van der Waals surface area (Å²) >= 11 is 0. The highest BCUT2D eigenvalue weighted by molar-refractivity contribution is 5.50. The SMILES string of the molecule is COc1ncnc(N2CCC(CCN)CC2)c1C. The molecule has 0 bridgehead atoms. The average Bonchev–Trinajstić information content (AvgIpc) is 2.41. The van der Waals surface area contributed by atoms with Crippen molar-refractivity contribution in [1.29, 1.82) is 0 Å². The first-order chi connectivity index (χ1) is 8.76. The zero-order valence-electron chi connectivity index (χ0n) is 11.2. The van der Waals surface area contributed by atoms with E-state index in [0.29, 0.717) is 5.88 Å². The van der Waals surface area contributed by atoms with Gasteiger partial charge >= 0.3 is 0 Å². The lowest BCUT2D eigenvalue weighted by Crippen LogP contribution is -2.35.